The molecule has 0 spiro atoms. The highest BCUT2D eigenvalue weighted by molar-refractivity contribution is 6.15. The van der Waals surface area contributed by atoms with Gasteiger partial charge in [0.2, 0.25) is 0 Å². The van der Waals surface area contributed by atoms with Gasteiger partial charge in [-0.2, -0.15) is 0 Å². The highest BCUT2D eigenvalue weighted by Crippen LogP contribution is 2.25. The Morgan fingerprint density at radius 2 is 1.67 bits per heavy atom. The molecule has 0 saturated heterocycles. The lowest BCUT2D eigenvalue weighted by atomic mass is 9.98. The average Bonchev–Trinajstić information content (AvgIpc) is 2.85. The van der Waals surface area contributed by atoms with Crippen LogP contribution in [0.4, 0.5) is 5.69 Å². The van der Waals surface area contributed by atoms with Crippen molar-refractivity contribution in [2.24, 2.45) is 5.73 Å². The average molecular weight is 435 g/mol. The van der Waals surface area contributed by atoms with Gasteiger partial charge in [-0.25, -0.2) is 0 Å². The minimum atomic E-state index is 0.194. The van der Waals surface area contributed by atoms with Crippen LogP contribution in [-0.4, -0.2) is 15.7 Å². The van der Waals surface area contributed by atoms with Crippen LogP contribution in [0.5, 0.6) is 0 Å². The quantitative estimate of drug-likeness (QED) is 0.243. The molecule has 2 aromatic heterocycles. The molecule has 0 aliphatic carbocycles. The van der Waals surface area contributed by atoms with Crippen LogP contribution in [0.15, 0.2) is 97.2 Å². The Labute approximate surface area is 193 Å². The van der Waals surface area contributed by atoms with E-state index in [0.717, 1.165) is 35.3 Å². The third-order valence-corrected chi connectivity index (χ3v) is 5.29. The Bertz CT molecular complexity index is 1270. The monoisotopic (exact) mass is 434 g/mol. The van der Waals surface area contributed by atoms with E-state index in [1.54, 1.807) is 30.9 Å². The molecule has 4 rings (SSSR count). The van der Waals surface area contributed by atoms with E-state index in [1.807, 2.05) is 54.6 Å². The molecule has 2 aromatic carbocycles. The molecule has 0 saturated carbocycles. The first-order chi connectivity index (χ1) is 16.1. The van der Waals surface area contributed by atoms with Crippen LogP contribution < -0.4 is 16.8 Å². The SMILES string of the molecule is N=C(/C(N)=C/c1cccc(CNCc2ccncc2)c1)c1cc(-c2cccnc2)ccc1N. The van der Waals surface area contributed by atoms with Crippen molar-refractivity contribution in [1.82, 2.24) is 15.3 Å². The van der Waals surface area contributed by atoms with E-state index in [9.17, 15) is 0 Å². The first-order valence-corrected chi connectivity index (χ1v) is 10.6. The summed E-state index contributed by atoms with van der Waals surface area (Å²) in [7, 11) is 0. The Balaban J connectivity index is 1.48. The third kappa shape index (κ3) is 5.70. The predicted molar refractivity (Wildman–Crippen MR) is 134 cm³/mol. The number of nitrogens with two attached hydrogens (primary N) is 2. The first-order valence-electron chi connectivity index (χ1n) is 10.6. The number of aromatic nitrogens is 2. The summed E-state index contributed by atoms with van der Waals surface area (Å²) in [4.78, 5) is 8.21. The molecule has 0 radical (unpaired) electrons. The number of rotatable bonds is 8. The molecule has 0 bridgehead atoms. The molecule has 0 unspecified atom stereocenters. The molecule has 0 atom stereocenters. The second kappa shape index (κ2) is 10.3. The number of benzene rings is 2. The second-order valence-corrected chi connectivity index (χ2v) is 7.72. The molecule has 33 heavy (non-hydrogen) atoms. The van der Waals surface area contributed by atoms with Crippen LogP contribution in [0, 0.1) is 5.41 Å². The number of pyridine rings is 2. The summed E-state index contributed by atoms with van der Waals surface area (Å²) in [5.41, 5.74) is 19.3. The lowest BCUT2D eigenvalue weighted by molar-refractivity contribution is 0.692. The fraction of sp³-hybridized carbons (Fsp3) is 0.0741. The number of hydrogen-bond donors (Lipinski definition) is 4. The summed E-state index contributed by atoms with van der Waals surface area (Å²) in [6, 6.07) is 21.5. The molecule has 2 heterocycles. The predicted octanol–water partition coefficient (Wildman–Crippen LogP) is 4.38. The maximum Gasteiger partial charge on any atom is 0.0862 e. The number of nitrogens with zero attached hydrogens (tertiary/aromatic N) is 2. The van der Waals surface area contributed by atoms with Crippen molar-refractivity contribution < 1.29 is 0 Å². The van der Waals surface area contributed by atoms with Crippen molar-refractivity contribution in [3.8, 4) is 11.1 Å². The van der Waals surface area contributed by atoms with Gasteiger partial charge >= 0.3 is 0 Å². The minimum absolute atomic E-state index is 0.194. The Hall–Kier alpha value is -4.29. The number of nitrogens with one attached hydrogen (secondary N) is 2. The van der Waals surface area contributed by atoms with Crippen LogP contribution in [0.25, 0.3) is 17.2 Å². The van der Waals surface area contributed by atoms with Gasteiger partial charge in [-0.1, -0.05) is 36.4 Å². The summed E-state index contributed by atoms with van der Waals surface area (Å²) >= 11 is 0. The van der Waals surface area contributed by atoms with Crippen molar-refractivity contribution >= 4 is 17.5 Å². The molecule has 6 heteroatoms. The fourth-order valence-corrected chi connectivity index (χ4v) is 3.54. The van der Waals surface area contributed by atoms with Crippen molar-refractivity contribution in [1.29, 1.82) is 5.41 Å². The molecule has 0 fully saturated rings. The van der Waals surface area contributed by atoms with E-state index < -0.39 is 0 Å². The Kier molecular flexibility index (Phi) is 6.87. The van der Waals surface area contributed by atoms with Gasteiger partial charge in [-0.3, -0.25) is 15.4 Å². The van der Waals surface area contributed by atoms with E-state index in [-0.39, 0.29) is 5.71 Å². The van der Waals surface area contributed by atoms with Gasteiger partial charge in [0.05, 0.1) is 11.4 Å². The molecule has 0 aliphatic heterocycles. The van der Waals surface area contributed by atoms with Crippen LogP contribution >= 0.6 is 0 Å². The maximum absolute atomic E-state index is 8.64. The number of hydrogen-bond acceptors (Lipinski definition) is 6. The topological polar surface area (TPSA) is 114 Å². The van der Waals surface area contributed by atoms with Gasteiger partial charge in [0.1, 0.15) is 0 Å². The molecular formula is C27H26N6. The third-order valence-electron chi connectivity index (χ3n) is 5.29. The molecule has 6 N–H and O–H groups in total. The van der Waals surface area contributed by atoms with Crippen molar-refractivity contribution in [2.75, 3.05) is 5.73 Å². The highest BCUT2D eigenvalue weighted by Gasteiger charge is 2.11. The molecule has 0 aliphatic rings. The van der Waals surface area contributed by atoms with Crippen LogP contribution in [0.1, 0.15) is 22.3 Å². The molecular weight excluding hydrogens is 408 g/mol. The van der Waals surface area contributed by atoms with Gasteiger partial charge in [0.25, 0.3) is 0 Å². The molecule has 0 amide bonds. The lowest BCUT2D eigenvalue weighted by Crippen LogP contribution is -2.14. The first kappa shape index (κ1) is 21.9. The van der Waals surface area contributed by atoms with Crippen LogP contribution in [0.2, 0.25) is 0 Å². The zero-order valence-corrected chi connectivity index (χ0v) is 18.2. The van der Waals surface area contributed by atoms with E-state index in [1.165, 1.54) is 5.56 Å². The Morgan fingerprint density at radius 1 is 0.848 bits per heavy atom. The van der Waals surface area contributed by atoms with E-state index in [2.05, 4.69) is 27.4 Å². The van der Waals surface area contributed by atoms with Gasteiger partial charge in [0, 0.05) is 54.7 Å². The van der Waals surface area contributed by atoms with Gasteiger partial charge in [0.15, 0.2) is 0 Å². The summed E-state index contributed by atoms with van der Waals surface area (Å²) < 4.78 is 0. The molecule has 164 valence electrons. The number of nitrogen functional groups attached to an aromatic ring is 1. The van der Waals surface area contributed by atoms with Crippen molar-refractivity contribution in [2.45, 2.75) is 13.1 Å². The van der Waals surface area contributed by atoms with E-state index in [4.69, 9.17) is 16.9 Å². The normalized spacial score (nSPS) is 11.3. The van der Waals surface area contributed by atoms with Gasteiger partial charge in [-0.05, 0) is 58.7 Å². The summed E-state index contributed by atoms with van der Waals surface area (Å²) in [5.74, 6) is 0. The zero-order chi connectivity index (χ0) is 23.0. The van der Waals surface area contributed by atoms with Crippen LogP contribution in [0.3, 0.4) is 0 Å². The summed E-state index contributed by atoms with van der Waals surface area (Å²) in [5, 5.41) is 12.1. The molecule has 4 aromatic rings. The highest BCUT2D eigenvalue weighted by atomic mass is 14.8. The van der Waals surface area contributed by atoms with Crippen molar-refractivity contribution in [3.05, 3.63) is 119 Å². The Morgan fingerprint density at radius 3 is 2.45 bits per heavy atom. The van der Waals surface area contributed by atoms with Crippen LogP contribution in [-0.2, 0) is 13.1 Å². The summed E-state index contributed by atoms with van der Waals surface area (Å²) in [6.07, 6.45) is 8.91. The largest absolute Gasteiger partial charge is 0.398 e. The maximum atomic E-state index is 8.64. The molecule has 6 nitrogen and oxygen atoms in total. The lowest BCUT2D eigenvalue weighted by Gasteiger charge is -2.11. The number of anilines is 1. The zero-order valence-electron chi connectivity index (χ0n) is 18.2. The van der Waals surface area contributed by atoms with Crippen molar-refractivity contribution in [3.63, 3.8) is 0 Å². The van der Waals surface area contributed by atoms with Gasteiger partial charge < -0.3 is 16.8 Å². The summed E-state index contributed by atoms with van der Waals surface area (Å²) in [6.45, 7) is 1.49. The fourth-order valence-electron chi connectivity index (χ4n) is 3.54. The second-order valence-electron chi connectivity index (χ2n) is 7.72. The standard InChI is InChI=1S/C27H26N6/c28-25-7-6-22(23-5-2-10-32-18-23)15-24(25)27(30)26(29)14-20-3-1-4-21(13-20)17-33-16-19-8-11-31-12-9-19/h1-15,18,30,33H,16-17,28-29H2/b26-14-,30-27?. The van der Waals surface area contributed by atoms with Gasteiger partial charge in [-0.15, -0.1) is 0 Å². The smallest absolute Gasteiger partial charge is 0.0862 e. The van der Waals surface area contributed by atoms with E-state index in [0.29, 0.717) is 16.9 Å². The van der Waals surface area contributed by atoms with E-state index >= 15 is 0 Å². The minimum Gasteiger partial charge on any atom is -0.398 e. The number of allylic oxidation sites excluding steroid dienone is 1.